The second kappa shape index (κ2) is 5.22. The van der Waals surface area contributed by atoms with Crippen LogP contribution in [0.5, 0.6) is 0 Å². The van der Waals surface area contributed by atoms with Crippen molar-refractivity contribution in [2.45, 2.75) is 40.7 Å². The molecule has 1 atom stereocenters. The highest BCUT2D eigenvalue weighted by atomic mass is 16.5. The minimum atomic E-state index is -0.314. The number of rotatable bonds is 4. The summed E-state index contributed by atoms with van der Waals surface area (Å²) in [5.74, 6) is 0.0686. The van der Waals surface area contributed by atoms with E-state index in [1.807, 2.05) is 34.6 Å². The van der Waals surface area contributed by atoms with Crippen LogP contribution in [0.3, 0.4) is 0 Å². The molecule has 1 N–H and O–H groups in total. The highest BCUT2D eigenvalue weighted by Crippen LogP contribution is 2.12. The van der Waals surface area contributed by atoms with Crippen molar-refractivity contribution in [3.8, 4) is 0 Å². The molecule has 0 aromatic carbocycles. The molecule has 0 radical (unpaired) electrons. The minimum absolute atomic E-state index is 0.0686. The van der Waals surface area contributed by atoms with Gasteiger partial charge in [0.1, 0.15) is 0 Å². The van der Waals surface area contributed by atoms with Crippen LogP contribution in [-0.2, 0) is 9.53 Å². The zero-order valence-corrected chi connectivity index (χ0v) is 9.31. The molecule has 0 aliphatic heterocycles. The largest absolute Gasteiger partial charge is 0.377 e. The van der Waals surface area contributed by atoms with Crippen molar-refractivity contribution in [2.24, 2.45) is 5.41 Å². The smallest absolute Gasteiger partial charge is 0.225 e. The van der Waals surface area contributed by atoms with Gasteiger partial charge < -0.3 is 10.1 Å². The molecule has 1 unspecified atom stereocenters. The quantitative estimate of drug-likeness (QED) is 0.725. The second-order valence-corrected chi connectivity index (χ2v) is 4.23. The maximum Gasteiger partial charge on any atom is 0.225 e. The summed E-state index contributed by atoms with van der Waals surface area (Å²) in [4.78, 5) is 11.4. The Kier molecular flexibility index (Phi) is 4.99. The summed E-state index contributed by atoms with van der Waals surface area (Å²) in [6.07, 6.45) is 0.0938. The molecular formula is C10H21NO2. The maximum atomic E-state index is 11.4. The normalized spacial score (nSPS) is 13.9. The Balaban J connectivity index is 3.71. The SMILES string of the molecule is CCOC(C)CNC(=O)C(C)(C)C. The molecule has 0 bridgehead atoms. The molecule has 78 valence electrons. The average Bonchev–Trinajstić information content (AvgIpc) is 1.99. The first-order chi connectivity index (χ1) is 5.88. The van der Waals surface area contributed by atoms with Gasteiger partial charge in [-0.3, -0.25) is 4.79 Å². The van der Waals surface area contributed by atoms with Gasteiger partial charge in [0.2, 0.25) is 5.91 Å². The molecule has 0 spiro atoms. The molecule has 3 nitrogen and oxygen atoms in total. The van der Waals surface area contributed by atoms with Crippen LogP contribution < -0.4 is 5.32 Å². The van der Waals surface area contributed by atoms with E-state index in [0.29, 0.717) is 13.2 Å². The number of hydrogen-bond acceptors (Lipinski definition) is 2. The molecule has 13 heavy (non-hydrogen) atoms. The van der Waals surface area contributed by atoms with E-state index < -0.39 is 0 Å². The minimum Gasteiger partial charge on any atom is -0.377 e. The van der Waals surface area contributed by atoms with E-state index in [2.05, 4.69) is 5.32 Å². The molecule has 0 aromatic heterocycles. The number of amides is 1. The van der Waals surface area contributed by atoms with Gasteiger partial charge in [-0.25, -0.2) is 0 Å². The zero-order valence-electron chi connectivity index (χ0n) is 9.31. The van der Waals surface area contributed by atoms with Crippen LogP contribution >= 0.6 is 0 Å². The summed E-state index contributed by atoms with van der Waals surface area (Å²) < 4.78 is 5.29. The fraction of sp³-hybridized carbons (Fsp3) is 0.900. The van der Waals surface area contributed by atoms with Gasteiger partial charge >= 0.3 is 0 Å². The Morgan fingerprint density at radius 2 is 2.00 bits per heavy atom. The van der Waals surface area contributed by atoms with Gasteiger partial charge in [0.15, 0.2) is 0 Å². The summed E-state index contributed by atoms with van der Waals surface area (Å²) in [6.45, 7) is 10.9. The van der Waals surface area contributed by atoms with Gasteiger partial charge in [-0.1, -0.05) is 20.8 Å². The second-order valence-electron chi connectivity index (χ2n) is 4.23. The van der Waals surface area contributed by atoms with Gasteiger partial charge in [-0.05, 0) is 13.8 Å². The molecule has 0 aromatic rings. The van der Waals surface area contributed by atoms with E-state index in [9.17, 15) is 4.79 Å². The lowest BCUT2D eigenvalue weighted by atomic mass is 9.96. The predicted molar refractivity (Wildman–Crippen MR) is 53.6 cm³/mol. The van der Waals surface area contributed by atoms with Crippen LogP contribution in [0.15, 0.2) is 0 Å². The average molecular weight is 187 g/mol. The summed E-state index contributed by atoms with van der Waals surface area (Å²) in [6, 6.07) is 0. The van der Waals surface area contributed by atoms with Crippen molar-refractivity contribution in [3.63, 3.8) is 0 Å². The van der Waals surface area contributed by atoms with Crippen LogP contribution in [0.2, 0.25) is 0 Å². The lowest BCUT2D eigenvalue weighted by Gasteiger charge is -2.19. The fourth-order valence-corrected chi connectivity index (χ4v) is 0.845. The molecule has 0 rings (SSSR count). The lowest BCUT2D eigenvalue weighted by Crippen LogP contribution is -2.39. The van der Waals surface area contributed by atoms with Gasteiger partial charge in [-0.15, -0.1) is 0 Å². The van der Waals surface area contributed by atoms with E-state index in [4.69, 9.17) is 4.74 Å². The van der Waals surface area contributed by atoms with Crippen LogP contribution in [0, 0.1) is 5.41 Å². The Morgan fingerprint density at radius 1 is 1.46 bits per heavy atom. The Morgan fingerprint density at radius 3 is 2.38 bits per heavy atom. The Bertz CT molecular complexity index is 161. The summed E-state index contributed by atoms with van der Waals surface area (Å²) in [5, 5.41) is 2.84. The molecular weight excluding hydrogens is 166 g/mol. The topological polar surface area (TPSA) is 38.3 Å². The van der Waals surface area contributed by atoms with Crippen molar-refractivity contribution in [1.29, 1.82) is 0 Å². The first kappa shape index (κ1) is 12.4. The van der Waals surface area contributed by atoms with Crippen molar-refractivity contribution in [2.75, 3.05) is 13.2 Å². The van der Waals surface area contributed by atoms with Crippen molar-refractivity contribution in [1.82, 2.24) is 5.32 Å². The number of nitrogens with one attached hydrogen (secondary N) is 1. The lowest BCUT2D eigenvalue weighted by molar-refractivity contribution is -0.129. The van der Waals surface area contributed by atoms with Crippen molar-refractivity contribution in [3.05, 3.63) is 0 Å². The number of carbonyl (C=O) groups is 1. The van der Waals surface area contributed by atoms with Crippen LogP contribution in [0.25, 0.3) is 0 Å². The fourth-order valence-electron chi connectivity index (χ4n) is 0.845. The molecule has 0 aliphatic carbocycles. The molecule has 0 saturated heterocycles. The monoisotopic (exact) mass is 187 g/mol. The van der Waals surface area contributed by atoms with E-state index in [1.165, 1.54) is 0 Å². The van der Waals surface area contributed by atoms with E-state index in [-0.39, 0.29) is 17.4 Å². The highest BCUT2D eigenvalue weighted by Gasteiger charge is 2.20. The predicted octanol–water partition coefficient (Wildman–Crippen LogP) is 1.57. The highest BCUT2D eigenvalue weighted by molar-refractivity contribution is 5.81. The third kappa shape index (κ3) is 5.64. The Labute approximate surface area is 80.8 Å². The molecule has 0 saturated carbocycles. The van der Waals surface area contributed by atoms with Gasteiger partial charge in [-0.2, -0.15) is 0 Å². The van der Waals surface area contributed by atoms with Gasteiger partial charge in [0, 0.05) is 18.6 Å². The summed E-state index contributed by atoms with van der Waals surface area (Å²) >= 11 is 0. The van der Waals surface area contributed by atoms with E-state index in [0.717, 1.165) is 0 Å². The summed E-state index contributed by atoms with van der Waals surface area (Å²) in [5.41, 5.74) is -0.314. The number of ether oxygens (including phenoxy) is 1. The van der Waals surface area contributed by atoms with Crippen LogP contribution in [-0.4, -0.2) is 25.2 Å². The molecule has 0 heterocycles. The van der Waals surface area contributed by atoms with Gasteiger partial charge in [0.05, 0.1) is 6.10 Å². The first-order valence-electron chi connectivity index (χ1n) is 4.77. The molecule has 0 aliphatic rings. The van der Waals surface area contributed by atoms with Crippen molar-refractivity contribution < 1.29 is 9.53 Å². The molecule has 1 amide bonds. The number of hydrogen-bond donors (Lipinski definition) is 1. The third-order valence-corrected chi connectivity index (χ3v) is 1.68. The maximum absolute atomic E-state index is 11.4. The van der Waals surface area contributed by atoms with E-state index >= 15 is 0 Å². The first-order valence-corrected chi connectivity index (χ1v) is 4.77. The molecule has 3 heteroatoms. The standard InChI is InChI=1S/C10H21NO2/c1-6-13-8(2)7-11-9(12)10(3,4)5/h8H,6-7H2,1-5H3,(H,11,12). The third-order valence-electron chi connectivity index (χ3n) is 1.68. The summed E-state index contributed by atoms with van der Waals surface area (Å²) in [7, 11) is 0. The van der Waals surface area contributed by atoms with Crippen molar-refractivity contribution >= 4 is 5.91 Å². The zero-order chi connectivity index (χ0) is 10.5. The van der Waals surface area contributed by atoms with Gasteiger partial charge in [0.25, 0.3) is 0 Å². The Hall–Kier alpha value is -0.570. The van der Waals surface area contributed by atoms with Crippen LogP contribution in [0.1, 0.15) is 34.6 Å². The number of carbonyl (C=O) groups excluding carboxylic acids is 1. The van der Waals surface area contributed by atoms with Crippen LogP contribution in [0.4, 0.5) is 0 Å². The molecule has 0 fully saturated rings. The van der Waals surface area contributed by atoms with E-state index in [1.54, 1.807) is 0 Å².